The summed E-state index contributed by atoms with van der Waals surface area (Å²) in [7, 11) is 0. The van der Waals surface area contributed by atoms with Crippen LogP contribution in [0.25, 0.3) is 0 Å². The van der Waals surface area contributed by atoms with Gasteiger partial charge in [-0.3, -0.25) is 0 Å². The Morgan fingerprint density at radius 2 is 2.00 bits per heavy atom. The van der Waals surface area contributed by atoms with E-state index >= 15 is 0 Å². The van der Waals surface area contributed by atoms with Crippen LogP contribution in [-0.4, -0.2) is 6.04 Å². The number of rotatable bonds is 4. The quantitative estimate of drug-likeness (QED) is 0.890. The second kappa shape index (κ2) is 6.11. The zero-order valence-electron chi connectivity index (χ0n) is 12.1. The molecule has 0 amide bonds. The fraction of sp³-hybridized carbons (Fsp3) is 0.444. The molecule has 3 rings (SSSR count). The molecule has 1 aliphatic rings. The maximum atomic E-state index is 6.55. The summed E-state index contributed by atoms with van der Waals surface area (Å²) in [6.07, 6.45) is 5.89. The molecule has 2 N–H and O–H groups in total. The number of benzene rings is 1. The molecule has 2 aromatic rings. The Morgan fingerprint density at radius 1 is 1.20 bits per heavy atom. The fourth-order valence-electron chi connectivity index (χ4n) is 3.33. The normalized spacial score (nSPS) is 19.6. The van der Waals surface area contributed by atoms with Gasteiger partial charge in [0.25, 0.3) is 0 Å². The standard InChI is InChI=1S/C18H23NS/c1-2-14-10-11-15(20-14)12-18(19)17-9-5-7-13-6-3-4-8-16(13)17/h3-4,6,8,10-11,17-18H,2,5,7,9,12,19H2,1H3. The minimum absolute atomic E-state index is 0.250. The molecule has 0 bridgehead atoms. The van der Waals surface area contributed by atoms with Crippen molar-refractivity contribution >= 4 is 11.3 Å². The lowest BCUT2D eigenvalue weighted by atomic mass is 9.78. The summed E-state index contributed by atoms with van der Waals surface area (Å²) in [5.41, 5.74) is 9.56. The minimum atomic E-state index is 0.250. The molecule has 2 atom stereocenters. The number of hydrogen-bond donors (Lipinski definition) is 1. The summed E-state index contributed by atoms with van der Waals surface area (Å²) in [5.74, 6) is 0.534. The lowest BCUT2D eigenvalue weighted by Gasteiger charge is -2.30. The Bertz CT molecular complexity index is 572. The molecule has 20 heavy (non-hydrogen) atoms. The summed E-state index contributed by atoms with van der Waals surface area (Å²) in [4.78, 5) is 2.91. The van der Waals surface area contributed by atoms with Crippen LogP contribution in [0.5, 0.6) is 0 Å². The number of thiophene rings is 1. The molecule has 1 aromatic carbocycles. The van der Waals surface area contributed by atoms with Crippen LogP contribution < -0.4 is 5.73 Å². The summed E-state index contributed by atoms with van der Waals surface area (Å²) in [5, 5.41) is 0. The van der Waals surface area contributed by atoms with E-state index in [9.17, 15) is 0 Å². The second-order valence-electron chi connectivity index (χ2n) is 5.79. The molecule has 0 aliphatic heterocycles. The van der Waals surface area contributed by atoms with Gasteiger partial charge in [0.2, 0.25) is 0 Å². The number of aryl methyl sites for hydroxylation is 2. The molecule has 0 spiro atoms. The Labute approximate surface area is 125 Å². The molecular weight excluding hydrogens is 262 g/mol. The smallest absolute Gasteiger partial charge is 0.0156 e. The Hall–Kier alpha value is -1.12. The zero-order valence-corrected chi connectivity index (χ0v) is 13.0. The first-order valence-electron chi connectivity index (χ1n) is 7.69. The van der Waals surface area contributed by atoms with Crippen LogP contribution in [0.2, 0.25) is 0 Å². The van der Waals surface area contributed by atoms with Gasteiger partial charge in [0.15, 0.2) is 0 Å². The van der Waals surface area contributed by atoms with Gasteiger partial charge in [-0.1, -0.05) is 31.2 Å². The van der Waals surface area contributed by atoms with Crippen LogP contribution in [-0.2, 0) is 19.3 Å². The monoisotopic (exact) mass is 285 g/mol. The molecule has 0 fully saturated rings. The highest BCUT2D eigenvalue weighted by atomic mass is 32.1. The van der Waals surface area contributed by atoms with Gasteiger partial charge in [-0.05, 0) is 61.3 Å². The Morgan fingerprint density at radius 3 is 2.80 bits per heavy atom. The fourth-order valence-corrected chi connectivity index (χ4v) is 4.36. The van der Waals surface area contributed by atoms with Crippen LogP contribution in [0.3, 0.4) is 0 Å². The van der Waals surface area contributed by atoms with E-state index in [2.05, 4.69) is 43.3 Å². The maximum Gasteiger partial charge on any atom is 0.0156 e. The van der Waals surface area contributed by atoms with E-state index in [1.165, 1.54) is 40.1 Å². The topological polar surface area (TPSA) is 26.0 Å². The lowest BCUT2D eigenvalue weighted by molar-refractivity contribution is 0.462. The molecule has 2 heteroatoms. The third kappa shape index (κ3) is 2.82. The predicted molar refractivity (Wildman–Crippen MR) is 87.5 cm³/mol. The molecule has 0 radical (unpaired) electrons. The molecule has 1 aliphatic carbocycles. The van der Waals surface area contributed by atoms with Crippen molar-refractivity contribution in [3.05, 3.63) is 57.3 Å². The summed E-state index contributed by atoms with van der Waals surface area (Å²) in [6.45, 7) is 2.22. The van der Waals surface area contributed by atoms with Crippen molar-refractivity contribution in [1.29, 1.82) is 0 Å². The van der Waals surface area contributed by atoms with Crippen molar-refractivity contribution in [2.24, 2.45) is 5.73 Å². The highest BCUT2D eigenvalue weighted by Gasteiger charge is 2.25. The van der Waals surface area contributed by atoms with Gasteiger partial charge in [0, 0.05) is 15.8 Å². The lowest BCUT2D eigenvalue weighted by Crippen LogP contribution is -2.32. The molecule has 106 valence electrons. The maximum absolute atomic E-state index is 6.55. The summed E-state index contributed by atoms with van der Waals surface area (Å²) in [6, 6.07) is 13.6. The van der Waals surface area contributed by atoms with Gasteiger partial charge in [-0.2, -0.15) is 0 Å². The van der Waals surface area contributed by atoms with Gasteiger partial charge in [0.1, 0.15) is 0 Å². The summed E-state index contributed by atoms with van der Waals surface area (Å²) < 4.78 is 0. The van der Waals surface area contributed by atoms with Gasteiger partial charge in [-0.15, -0.1) is 11.3 Å². The van der Waals surface area contributed by atoms with E-state index in [1.54, 1.807) is 0 Å². The van der Waals surface area contributed by atoms with E-state index in [4.69, 9.17) is 5.73 Å². The first-order chi connectivity index (χ1) is 9.78. The third-order valence-corrected chi connectivity index (χ3v) is 5.69. The van der Waals surface area contributed by atoms with Crippen LogP contribution in [0, 0.1) is 0 Å². The predicted octanol–water partition coefficient (Wildman–Crippen LogP) is 4.30. The molecule has 0 saturated heterocycles. The first-order valence-corrected chi connectivity index (χ1v) is 8.50. The summed E-state index contributed by atoms with van der Waals surface area (Å²) >= 11 is 1.93. The highest BCUT2D eigenvalue weighted by molar-refractivity contribution is 7.11. The van der Waals surface area contributed by atoms with Crippen molar-refractivity contribution in [2.45, 2.75) is 51.0 Å². The van der Waals surface area contributed by atoms with Crippen LogP contribution in [0.1, 0.15) is 46.6 Å². The SMILES string of the molecule is CCc1ccc(CC(N)C2CCCc3ccccc32)s1. The van der Waals surface area contributed by atoms with Crippen molar-refractivity contribution in [3.8, 4) is 0 Å². The van der Waals surface area contributed by atoms with Gasteiger partial charge in [0.05, 0.1) is 0 Å². The van der Waals surface area contributed by atoms with E-state index in [0.717, 1.165) is 12.8 Å². The third-order valence-electron chi connectivity index (χ3n) is 4.44. The number of nitrogens with two attached hydrogens (primary N) is 1. The van der Waals surface area contributed by atoms with Crippen molar-refractivity contribution in [1.82, 2.24) is 0 Å². The zero-order chi connectivity index (χ0) is 13.9. The molecule has 0 saturated carbocycles. The van der Waals surface area contributed by atoms with Crippen molar-refractivity contribution in [2.75, 3.05) is 0 Å². The average molecular weight is 285 g/mol. The van der Waals surface area contributed by atoms with Gasteiger partial charge >= 0.3 is 0 Å². The van der Waals surface area contributed by atoms with E-state index in [-0.39, 0.29) is 6.04 Å². The van der Waals surface area contributed by atoms with Gasteiger partial charge in [-0.25, -0.2) is 0 Å². The molecule has 1 nitrogen and oxygen atoms in total. The average Bonchev–Trinajstić information content (AvgIpc) is 2.94. The molecule has 2 unspecified atom stereocenters. The van der Waals surface area contributed by atoms with Crippen LogP contribution >= 0.6 is 11.3 Å². The second-order valence-corrected chi connectivity index (χ2v) is 7.04. The van der Waals surface area contributed by atoms with Crippen molar-refractivity contribution in [3.63, 3.8) is 0 Å². The molecular formula is C18H23NS. The molecule has 1 aromatic heterocycles. The first kappa shape index (κ1) is 13.8. The van der Waals surface area contributed by atoms with Crippen LogP contribution in [0.15, 0.2) is 36.4 Å². The van der Waals surface area contributed by atoms with Gasteiger partial charge < -0.3 is 5.73 Å². The van der Waals surface area contributed by atoms with E-state index < -0.39 is 0 Å². The Kier molecular flexibility index (Phi) is 4.23. The van der Waals surface area contributed by atoms with Crippen molar-refractivity contribution < 1.29 is 0 Å². The highest BCUT2D eigenvalue weighted by Crippen LogP contribution is 2.34. The number of hydrogen-bond acceptors (Lipinski definition) is 2. The Balaban J connectivity index is 1.76. The largest absolute Gasteiger partial charge is 0.327 e. The number of fused-ring (bicyclic) bond motifs is 1. The molecule has 1 heterocycles. The minimum Gasteiger partial charge on any atom is -0.327 e. The van der Waals surface area contributed by atoms with E-state index in [1.807, 2.05) is 11.3 Å². The van der Waals surface area contributed by atoms with E-state index in [0.29, 0.717) is 5.92 Å². The van der Waals surface area contributed by atoms with Crippen LogP contribution in [0.4, 0.5) is 0 Å².